The van der Waals surface area contributed by atoms with E-state index in [0.29, 0.717) is 6.61 Å². The Hall–Kier alpha value is -0.0900. The average Bonchev–Trinajstić information content (AvgIpc) is 2.58. The molecule has 15 heavy (non-hydrogen) atoms. The smallest absolute Gasteiger partial charge is 0.0650 e. The summed E-state index contributed by atoms with van der Waals surface area (Å²) in [5, 5.41) is 0.765. The third-order valence-electron chi connectivity index (χ3n) is 2.69. The van der Waals surface area contributed by atoms with E-state index in [0.717, 1.165) is 34.5 Å². The van der Waals surface area contributed by atoms with Gasteiger partial charge < -0.3 is 10.5 Å². The van der Waals surface area contributed by atoms with E-state index >= 15 is 0 Å². The second kappa shape index (κ2) is 4.42. The molecule has 1 fully saturated rings. The molecule has 0 aliphatic carbocycles. The number of rotatable bonds is 2. The second-order valence-corrected chi connectivity index (χ2v) is 5.40. The zero-order chi connectivity index (χ0) is 10.9. The van der Waals surface area contributed by atoms with Gasteiger partial charge in [-0.3, -0.25) is 0 Å². The van der Waals surface area contributed by atoms with Crippen LogP contribution in [0.25, 0.3) is 0 Å². The lowest BCUT2D eigenvalue weighted by Gasteiger charge is -2.22. The molecule has 1 heterocycles. The van der Waals surface area contributed by atoms with Crippen LogP contribution < -0.4 is 5.73 Å². The number of benzene rings is 1. The maximum Gasteiger partial charge on any atom is 0.0650 e. The van der Waals surface area contributed by atoms with Gasteiger partial charge in [0.25, 0.3) is 0 Å². The van der Waals surface area contributed by atoms with Crippen molar-refractivity contribution in [1.29, 1.82) is 0 Å². The lowest BCUT2D eigenvalue weighted by atomic mass is 9.91. The van der Waals surface area contributed by atoms with Crippen molar-refractivity contribution in [3.8, 4) is 0 Å². The van der Waals surface area contributed by atoms with Crippen LogP contribution >= 0.6 is 27.5 Å². The molecular formula is C11H13BrClNO. The minimum atomic E-state index is -0.239. The van der Waals surface area contributed by atoms with Gasteiger partial charge in [-0.2, -0.15) is 0 Å². The first-order valence-corrected chi connectivity index (χ1v) is 6.07. The van der Waals surface area contributed by atoms with Crippen molar-refractivity contribution in [3.63, 3.8) is 0 Å². The largest absolute Gasteiger partial charge is 0.379 e. The van der Waals surface area contributed by atoms with Crippen LogP contribution in [0.4, 0.5) is 0 Å². The highest BCUT2D eigenvalue weighted by molar-refractivity contribution is 9.10. The highest BCUT2D eigenvalue weighted by atomic mass is 79.9. The lowest BCUT2D eigenvalue weighted by molar-refractivity contribution is 0.178. The van der Waals surface area contributed by atoms with E-state index in [1.54, 1.807) is 0 Å². The third kappa shape index (κ3) is 2.72. The monoisotopic (exact) mass is 289 g/mol. The number of hydrogen-bond acceptors (Lipinski definition) is 2. The standard InChI is InChI=1S/C11H13BrClNO/c12-9-2-1-8(10(13)5-9)6-11(14)3-4-15-7-11/h1-2,5H,3-4,6-7,14H2. The Bertz CT molecular complexity index is 364. The van der Waals surface area contributed by atoms with Gasteiger partial charge in [0.2, 0.25) is 0 Å². The van der Waals surface area contributed by atoms with E-state index < -0.39 is 0 Å². The Kier molecular flexibility index (Phi) is 3.36. The number of ether oxygens (including phenoxy) is 1. The van der Waals surface area contributed by atoms with Gasteiger partial charge in [-0.25, -0.2) is 0 Å². The molecule has 2 N–H and O–H groups in total. The van der Waals surface area contributed by atoms with Crippen molar-refractivity contribution in [1.82, 2.24) is 0 Å². The lowest BCUT2D eigenvalue weighted by Crippen LogP contribution is -2.42. The molecule has 0 radical (unpaired) electrons. The predicted molar refractivity (Wildman–Crippen MR) is 65.2 cm³/mol. The number of nitrogens with two attached hydrogens (primary N) is 1. The molecule has 1 aromatic carbocycles. The number of hydrogen-bond donors (Lipinski definition) is 1. The molecule has 1 aliphatic rings. The van der Waals surface area contributed by atoms with Crippen LogP contribution in [-0.2, 0) is 11.2 Å². The molecule has 0 bridgehead atoms. The van der Waals surface area contributed by atoms with Gasteiger partial charge in [-0.15, -0.1) is 0 Å². The molecule has 1 saturated heterocycles. The highest BCUT2D eigenvalue weighted by Crippen LogP contribution is 2.27. The fourth-order valence-electron chi connectivity index (χ4n) is 1.81. The molecule has 1 atom stereocenters. The van der Waals surface area contributed by atoms with E-state index in [2.05, 4.69) is 15.9 Å². The molecule has 0 spiro atoms. The molecule has 1 aliphatic heterocycles. The molecule has 2 rings (SSSR count). The van der Waals surface area contributed by atoms with E-state index in [9.17, 15) is 0 Å². The summed E-state index contributed by atoms with van der Waals surface area (Å²) >= 11 is 9.53. The van der Waals surface area contributed by atoms with Crippen LogP contribution in [0.15, 0.2) is 22.7 Å². The van der Waals surface area contributed by atoms with Crippen LogP contribution in [0, 0.1) is 0 Å². The first kappa shape index (κ1) is 11.4. The van der Waals surface area contributed by atoms with Gasteiger partial charge in [0, 0.05) is 21.6 Å². The fourth-order valence-corrected chi connectivity index (χ4v) is 2.55. The maximum atomic E-state index is 6.20. The summed E-state index contributed by atoms with van der Waals surface area (Å²) < 4.78 is 6.31. The Morgan fingerprint density at radius 2 is 2.33 bits per heavy atom. The van der Waals surface area contributed by atoms with Crippen LogP contribution in [-0.4, -0.2) is 18.8 Å². The average molecular weight is 291 g/mol. The highest BCUT2D eigenvalue weighted by Gasteiger charge is 2.31. The summed E-state index contributed by atoms with van der Waals surface area (Å²) in [4.78, 5) is 0. The van der Waals surface area contributed by atoms with E-state index in [-0.39, 0.29) is 5.54 Å². The molecule has 4 heteroatoms. The van der Waals surface area contributed by atoms with Crippen molar-refractivity contribution in [2.45, 2.75) is 18.4 Å². The van der Waals surface area contributed by atoms with Crippen molar-refractivity contribution in [2.24, 2.45) is 5.73 Å². The van der Waals surface area contributed by atoms with Gasteiger partial charge in [-0.1, -0.05) is 33.6 Å². The van der Waals surface area contributed by atoms with Crippen LogP contribution in [0.5, 0.6) is 0 Å². The van der Waals surface area contributed by atoms with Crippen molar-refractivity contribution < 1.29 is 4.74 Å². The minimum Gasteiger partial charge on any atom is -0.379 e. The van der Waals surface area contributed by atoms with E-state index in [1.165, 1.54) is 0 Å². The third-order valence-corrected chi connectivity index (χ3v) is 3.54. The first-order valence-electron chi connectivity index (χ1n) is 4.90. The molecule has 1 unspecified atom stereocenters. The zero-order valence-corrected chi connectivity index (χ0v) is 10.6. The van der Waals surface area contributed by atoms with Gasteiger partial charge in [0.05, 0.1) is 6.61 Å². The van der Waals surface area contributed by atoms with Gasteiger partial charge >= 0.3 is 0 Å². The Balaban J connectivity index is 2.16. The van der Waals surface area contributed by atoms with Gasteiger partial charge in [0.1, 0.15) is 0 Å². The summed E-state index contributed by atoms with van der Waals surface area (Å²) in [6.07, 6.45) is 1.68. The molecule has 0 saturated carbocycles. The maximum absolute atomic E-state index is 6.20. The quantitative estimate of drug-likeness (QED) is 0.909. The van der Waals surface area contributed by atoms with Crippen LogP contribution in [0.1, 0.15) is 12.0 Å². The van der Waals surface area contributed by atoms with Gasteiger partial charge in [-0.05, 0) is 30.5 Å². The zero-order valence-electron chi connectivity index (χ0n) is 8.30. The Labute approximate surface area is 103 Å². The van der Waals surface area contributed by atoms with Crippen molar-refractivity contribution in [3.05, 3.63) is 33.3 Å². The SMILES string of the molecule is NC1(Cc2ccc(Br)cc2Cl)CCOC1. The number of halogens is 2. The Morgan fingerprint density at radius 3 is 2.93 bits per heavy atom. The summed E-state index contributed by atoms with van der Waals surface area (Å²) in [7, 11) is 0. The molecule has 2 nitrogen and oxygen atoms in total. The summed E-state index contributed by atoms with van der Waals surface area (Å²) in [6, 6.07) is 5.90. The molecule has 82 valence electrons. The van der Waals surface area contributed by atoms with Crippen LogP contribution in [0.3, 0.4) is 0 Å². The molecule has 0 aromatic heterocycles. The van der Waals surface area contributed by atoms with E-state index in [4.69, 9.17) is 22.1 Å². The topological polar surface area (TPSA) is 35.2 Å². The van der Waals surface area contributed by atoms with Crippen molar-refractivity contribution >= 4 is 27.5 Å². The summed E-state index contributed by atoms with van der Waals surface area (Å²) in [5.74, 6) is 0. The van der Waals surface area contributed by atoms with Gasteiger partial charge in [0.15, 0.2) is 0 Å². The Morgan fingerprint density at radius 1 is 1.53 bits per heavy atom. The molecule has 0 amide bonds. The normalized spacial score (nSPS) is 25.8. The fraction of sp³-hybridized carbons (Fsp3) is 0.455. The second-order valence-electron chi connectivity index (χ2n) is 4.08. The summed E-state index contributed by atoms with van der Waals surface area (Å²) in [6.45, 7) is 1.38. The summed E-state index contributed by atoms with van der Waals surface area (Å²) in [5.41, 5.74) is 7.05. The first-order chi connectivity index (χ1) is 7.09. The molecule has 1 aromatic rings. The molecular weight excluding hydrogens is 277 g/mol. The predicted octanol–water partition coefficient (Wildman–Crippen LogP) is 2.76. The van der Waals surface area contributed by atoms with Crippen LogP contribution in [0.2, 0.25) is 5.02 Å². The van der Waals surface area contributed by atoms with E-state index in [1.807, 2.05) is 18.2 Å². The van der Waals surface area contributed by atoms with Crippen molar-refractivity contribution in [2.75, 3.05) is 13.2 Å². The minimum absolute atomic E-state index is 0.239.